The third-order valence-electron chi connectivity index (χ3n) is 4.38. The third-order valence-corrected chi connectivity index (χ3v) is 4.61. The molecule has 1 aliphatic rings. The number of amides is 3. The minimum atomic E-state index is -0.513. The van der Waals surface area contributed by atoms with Crippen molar-refractivity contribution in [3.05, 3.63) is 40.5 Å². The fourth-order valence-corrected chi connectivity index (χ4v) is 3.46. The van der Waals surface area contributed by atoms with Crippen molar-refractivity contribution < 1.29 is 9.59 Å². The number of carbonyl (C=O) groups is 2. The van der Waals surface area contributed by atoms with E-state index in [0.717, 1.165) is 5.56 Å². The number of halogens is 1. The zero-order chi connectivity index (χ0) is 19.9. The van der Waals surface area contributed by atoms with Gasteiger partial charge in [0.15, 0.2) is 0 Å². The van der Waals surface area contributed by atoms with Crippen LogP contribution in [-0.2, 0) is 6.54 Å². The van der Waals surface area contributed by atoms with Gasteiger partial charge in [-0.3, -0.25) is 9.48 Å². The van der Waals surface area contributed by atoms with Gasteiger partial charge in [0, 0.05) is 22.7 Å². The summed E-state index contributed by atoms with van der Waals surface area (Å²) >= 11 is 6.15. The average Bonchev–Trinajstić information content (AvgIpc) is 2.93. The first kappa shape index (κ1) is 19.2. The Balaban J connectivity index is 2.18. The first-order chi connectivity index (χ1) is 12.6. The Hall–Kier alpha value is -2.54. The number of nitrogens with one attached hydrogen (secondary N) is 1. The molecule has 7 nitrogen and oxygen atoms in total. The highest BCUT2D eigenvalue weighted by molar-refractivity contribution is 6.30. The van der Waals surface area contributed by atoms with E-state index in [1.54, 1.807) is 12.1 Å². The van der Waals surface area contributed by atoms with Crippen molar-refractivity contribution in [3.63, 3.8) is 0 Å². The van der Waals surface area contributed by atoms with Gasteiger partial charge in [-0.05, 0) is 39.8 Å². The highest BCUT2D eigenvalue weighted by Crippen LogP contribution is 2.32. The van der Waals surface area contributed by atoms with E-state index in [1.807, 2.05) is 44.5 Å². The number of hydrogen-bond acceptors (Lipinski definition) is 3. The van der Waals surface area contributed by atoms with Crippen LogP contribution in [0.3, 0.4) is 0 Å². The van der Waals surface area contributed by atoms with Crippen LogP contribution in [0.1, 0.15) is 49.8 Å². The zero-order valence-electron chi connectivity index (χ0n) is 15.9. The van der Waals surface area contributed by atoms with Gasteiger partial charge in [0.05, 0.1) is 23.8 Å². The molecule has 27 heavy (non-hydrogen) atoms. The van der Waals surface area contributed by atoms with Crippen LogP contribution in [0.2, 0.25) is 5.02 Å². The van der Waals surface area contributed by atoms with Crippen LogP contribution in [-0.4, -0.2) is 38.7 Å². The lowest BCUT2D eigenvalue weighted by Gasteiger charge is -2.31. The van der Waals surface area contributed by atoms with Gasteiger partial charge in [-0.1, -0.05) is 23.7 Å². The standard InChI is InChI=1S/C19H24ClN5O2/c1-11-9-24(18(21)27)10-14-15(17(26)22-19(2,3)4)16(23-25(11)14)12-6-5-7-13(20)8-12/h5-8,11H,9-10H2,1-4H3,(H2,21,27)(H,22,26). The average molecular weight is 390 g/mol. The van der Waals surface area contributed by atoms with Crippen LogP contribution >= 0.6 is 11.6 Å². The molecule has 1 aromatic heterocycles. The lowest BCUT2D eigenvalue weighted by atomic mass is 10.0. The van der Waals surface area contributed by atoms with Gasteiger partial charge in [0.25, 0.3) is 5.91 Å². The largest absolute Gasteiger partial charge is 0.351 e. The molecule has 1 atom stereocenters. The van der Waals surface area contributed by atoms with E-state index < -0.39 is 11.6 Å². The predicted molar refractivity (Wildman–Crippen MR) is 105 cm³/mol. The number of hydrogen-bond donors (Lipinski definition) is 2. The van der Waals surface area contributed by atoms with E-state index in [-0.39, 0.29) is 18.5 Å². The van der Waals surface area contributed by atoms with E-state index >= 15 is 0 Å². The van der Waals surface area contributed by atoms with Crippen molar-refractivity contribution in [1.82, 2.24) is 20.0 Å². The molecule has 1 unspecified atom stereocenters. The summed E-state index contributed by atoms with van der Waals surface area (Å²) in [6, 6.07) is 6.62. The monoisotopic (exact) mass is 389 g/mol. The molecule has 2 aromatic rings. The maximum absolute atomic E-state index is 13.1. The number of nitrogens with two attached hydrogens (primary N) is 1. The van der Waals surface area contributed by atoms with Gasteiger partial charge < -0.3 is 16.0 Å². The molecule has 0 radical (unpaired) electrons. The Morgan fingerprint density at radius 1 is 1.33 bits per heavy atom. The molecule has 3 amide bonds. The maximum Gasteiger partial charge on any atom is 0.315 e. The van der Waals surface area contributed by atoms with Crippen LogP contribution in [0.5, 0.6) is 0 Å². The van der Waals surface area contributed by atoms with E-state index in [9.17, 15) is 9.59 Å². The van der Waals surface area contributed by atoms with E-state index in [1.165, 1.54) is 4.90 Å². The van der Waals surface area contributed by atoms with Crippen molar-refractivity contribution in [2.45, 2.75) is 45.8 Å². The van der Waals surface area contributed by atoms with E-state index in [4.69, 9.17) is 22.4 Å². The highest BCUT2D eigenvalue weighted by atomic mass is 35.5. The number of aromatic nitrogens is 2. The van der Waals surface area contributed by atoms with E-state index in [0.29, 0.717) is 28.5 Å². The summed E-state index contributed by atoms with van der Waals surface area (Å²) in [6.45, 7) is 8.37. The van der Waals surface area contributed by atoms with Gasteiger partial charge in [-0.15, -0.1) is 0 Å². The molecule has 8 heteroatoms. The molecule has 1 aromatic carbocycles. The van der Waals surface area contributed by atoms with Crippen LogP contribution < -0.4 is 11.1 Å². The van der Waals surface area contributed by atoms with Crippen molar-refractivity contribution >= 4 is 23.5 Å². The van der Waals surface area contributed by atoms with Gasteiger partial charge in [0.1, 0.15) is 5.69 Å². The van der Waals surface area contributed by atoms with Crippen molar-refractivity contribution in [2.24, 2.45) is 5.73 Å². The predicted octanol–water partition coefficient (Wildman–Crippen LogP) is 3.19. The van der Waals surface area contributed by atoms with Crippen LogP contribution in [0.4, 0.5) is 4.79 Å². The Morgan fingerprint density at radius 2 is 2.04 bits per heavy atom. The Morgan fingerprint density at radius 3 is 2.63 bits per heavy atom. The Bertz CT molecular complexity index is 900. The smallest absolute Gasteiger partial charge is 0.315 e. The number of fused-ring (bicyclic) bond motifs is 1. The van der Waals surface area contributed by atoms with Gasteiger partial charge >= 0.3 is 6.03 Å². The van der Waals surface area contributed by atoms with Crippen molar-refractivity contribution in [3.8, 4) is 11.3 Å². The molecule has 3 rings (SSSR count). The molecule has 0 bridgehead atoms. The number of rotatable bonds is 2. The molecular formula is C19H24ClN5O2. The number of benzene rings is 1. The normalized spacial score (nSPS) is 16.8. The van der Waals surface area contributed by atoms with Crippen LogP contribution in [0, 0.1) is 0 Å². The SMILES string of the molecule is CC1CN(C(N)=O)Cc2c(C(=O)NC(C)(C)C)c(-c3cccc(Cl)c3)nn21. The van der Waals surface area contributed by atoms with E-state index in [2.05, 4.69) is 5.32 Å². The van der Waals surface area contributed by atoms with Gasteiger partial charge in [-0.25, -0.2) is 4.79 Å². The summed E-state index contributed by atoms with van der Waals surface area (Å²) in [7, 11) is 0. The number of primary amides is 1. The molecule has 2 heterocycles. The molecule has 0 aliphatic carbocycles. The summed E-state index contributed by atoms with van der Waals surface area (Å²) in [4.78, 5) is 26.4. The van der Waals surface area contributed by atoms with Crippen LogP contribution in [0.25, 0.3) is 11.3 Å². The molecule has 0 spiro atoms. The second kappa shape index (κ2) is 6.88. The van der Waals surface area contributed by atoms with Gasteiger partial charge in [0.2, 0.25) is 0 Å². The minimum Gasteiger partial charge on any atom is -0.351 e. The first-order valence-electron chi connectivity index (χ1n) is 8.81. The quantitative estimate of drug-likeness (QED) is 0.825. The summed E-state index contributed by atoms with van der Waals surface area (Å²) in [5, 5.41) is 8.26. The number of carbonyl (C=O) groups excluding carboxylic acids is 2. The second-order valence-electron chi connectivity index (χ2n) is 7.90. The molecule has 0 saturated heterocycles. The van der Waals surface area contributed by atoms with Crippen molar-refractivity contribution in [1.29, 1.82) is 0 Å². The molecule has 0 fully saturated rings. The summed E-state index contributed by atoms with van der Waals surface area (Å²) in [5.41, 5.74) is 7.50. The topological polar surface area (TPSA) is 93.2 Å². The molecule has 0 saturated carbocycles. The zero-order valence-corrected chi connectivity index (χ0v) is 16.7. The first-order valence-corrected chi connectivity index (χ1v) is 9.19. The van der Waals surface area contributed by atoms with Crippen molar-refractivity contribution in [2.75, 3.05) is 6.54 Å². The number of urea groups is 1. The highest BCUT2D eigenvalue weighted by Gasteiger charge is 2.33. The molecule has 1 aliphatic heterocycles. The second-order valence-corrected chi connectivity index (χ2v) is 8.33. The summed E-state index contributed by atoms with van der Waals surface area (Å²) in [6.07, 6.45) is 0. The Kier molecular flexibility index (Phi) is 4.90. The lowest BCUT2D eigenvalue weighted by molar-refractivity contribution is 0.0916. The fraction of sp³-hybridized carbons (Fsp3) is 0.421. The third kappa shape index (κ3) is 3.93. The van der Waals surface area contributed by atoms with Gasteiger partial charge in [-0.2, -0.15) is 5.10 Å². The summed E-state index contributed by atoms with van der Waals surface area (Å²) in [5.74, 6) is -0.239. The summed E-state index contributed by atoms with van der Waals surface area (Å²) < 4.78 is 1.81. The Labute approximate surface area is 163 Å². The molecule has 3 N–H and O–H groups in total. The fourth-order valence-electron chi connectivity index (χ4n) is 3.27. The lowest BCUT2D eigenvalue weighted by Crippen LogP contribution is -2.45. The van der Waals surface area contributed by atoms with Crippen LogP contribution in [0.15, 0.2) is 24.3 Å². The minimum absolute atomic E-state index is 0.102. The maximum atomic E-state index is 13.1. The molecule has 144 valence electrons. The number of nitrogens with zero attached hydrogens (tertiary/aromatic N) is 3. The molecular weight excluding hydrogens is 366 g/mol.